The van der Waals surface area contributed by atoms with Crippen LogP contribution in [-0.4, -0.2) is 52.0 Å². The second kappa shape index (κ2) is 7.39. The summed E-state index contributed by atoms with van der Waals surface area (Å²) in [6.45, 7) is 1.13. The third-order valence-corrected chi connectivity index (χ3v) is 5.77. The van der Waals surface area contributed by atoms with Crippen LogP contribution in [0.4, 0.5) is 24.8 Å². The molecular formula is C21H20F3N5O. The van der Waals surface area contributed by atoms with Gasteiger partial charge in [0.15, 0.2) is 5.82 Å². The summed E-state index contributed by atoms with van der Waals surface area (Å²) in [5.41, 5.74) is 1.27. The highest BCUT2D eigenvalue weighted by Gasteiger charge is 2.36. The zero-order valence-electron chi connectivity index (χ0n) is 16.0. The molecule has 0 saturated carbocycles. The van der Waals surface area contributed by atoms with Crippen molar-refractivity contribution in [2.75, 3.05) is 29.4 Å². The van der Waals surface area contributed by atoms with Crippen molar-refractivity contribution in [1.29, 1.82) is 0 Å². The second-order valence-corrected chi connectivity index (χ2v) is 7.79. The summed E-state index contributed by atoms with van der Waals surface area (Å²) in [6.07, 6.45) is 0.528. The van der Waals surface area contributed by atoms with Crippen LogP contribution < -0.4 is 9.80 Å². The van der Waals surface area contributed by atoms with Crippen molar-refractivity contribution in [3.8, 4) is 0 Å². The lowest BCUT2D eigenvalue weighted by molar-refractivity contribution is 0.198. The summed E-state index contributed by atoms with van der Waals surface area (Å²) in [5.74, 6) is -0.0882. The zero-order chi connectivity index (χ0) is 20.8. The third kappa shape index (κ3) is 3.32. The average Bonchev–Trinajstić information content (AvgIpc) is 3.34. The lowest BCUT2D eigenvalue weighted by Crippen LogP contribution is -2.26. The monoisotopic (exact) mass is 415 g/mol. The molecule has 0 unspecified atom stereocenters. The Hall–Kier alpha value is -2.94. The summed E-state index contributed by atoms with van der Waals surface area (Å²) in [6, 6.07) is 6.04. The molecule has 0 aliphatic carbocycles. The number of hydrogen-bond acceptors (Lipinski definition) is 6. The number of aromatic nitrogens is 3. The van der Waals surface area contributed by atoms with Crippen molar-refractivity contribution in [2.45, 2.75) is 31.2 Å². The molecule has 2 saturated heterocycles. The SMILES string of the molecule is O[C@H]1CCN(c2ncnc3ccc(N4C[C@@H](F)C[C@@H]4c4cc(F)ccc4F)nc23)C1. The Morgan fingerprint density at radius 3 is 2.73 bits per heavy atom. The van der Waals surface area contributed by atoms with E-state index in [0.29, 0.717) is 42.2 Å². The molecule has 1 aromatic carbocycles. The Morgan fingerprint density at radius 2 is 1.93 bits per heavy atom. The van der Waals surface area contributed by atoms with Crippen molar-refractivity contribution >= 4 is 22.7 Å². The Labute approximate surface area is 171 Å². The van der Waals surface area contributed by atoms with E-state index in [1.54, 1.807) is 17.0 Å². The standard InChI is InChI=1S/C21H20F3N5O/c22-12-1-2-16(24)15(7-12)18-8-13(23)9-29(18)19-4-3-17-20(27-19)21(26-11-25-17)28-6-5-14(30)10-28/h1-4,7,11,13-14,18,30H,5-6,8-10H2/t13-,14-,18+/m0/s1. The fourth-order valence-corrected chi connectivity index (χ4v) is 4.35. The van der Waals surface area contributed by atoms with E-state index in [1.165, 1.54) is 6.33 Å². The van der Waals surface area contributed by atoms with Gasteiger partial charge in [-0.1, -0.05) is 0 Å². The van der Waals surface area contributed by atoms with Crippen LogP contribution in [0.15, 0.2) is 36.7 Å². The molecule has 2 aromatic heterocycles. The molecular weight excluding hydrogens is 395 g/mol. The maximum Gasteiger partial charge on any atom is 0.158 e. The van der Waals surface area contributed by atoms with Gasteiger partial charge in [0.05, 0.1) is 24.2 Å². The van der Waals surface area contributed by atoms with Gasteiger partial charge in [-0.2, -0.15) is 0 Å². The molecule has 2 aliphatic rings. The fraction of sp³-hybridized carbons (Fsp3) is 0.381. The molecule has 2 fully saturated rings. The molecule has 0 spiro atoms. The summed E-state index contributed by atoms with van der Waals surface area (Å²) in [5, 5.41) is 9.88. The number of hydrogen-bond donors (Lipinski definition) is 1. The van der Waals surface area contributed by atoms with Crippen LogP contribution >= 0.6 is 0 Å². The number of rotatable bonds is 3. The van der Waals surface area contributed by atoms with Crippen LogP contribution in [0.5, 0.6) is 0 Å². The van der Waals surface area contributed by atoms with Gasteiger partial charge in [-0.3, -0.25) is 0 Å². The fourth-order valence-electron chi connectivity index (χ4n) is 4.35. The van der Waals surface area contributed by atoms with Crippen LogP contribution in [0.2, 0.25) is 0 Å². The highest BCUT2D eigenvalue weighted by atomic mass is 19.1. The van der Waals surface area contributed by atoms with E-state index < -0.39 is 30.0 Å². The van der Waals surface area contributed by atoms with Gasteiger partial charge < -0.3 is 14.9 Å². The molecule has 3 aromatic rings. The van der Waals surface area contributed by atoms with E-state index >= 15 is 0 Å². The van der Waals surface area contributed by atoms with Gasteiger partial charge in [0.2, 0.25) is 0 Å². The quantitative estimate of drug-likeness (QED) is 0.709. The molecule has 30 heavy (non-hydrogen) atoms. The minimum absolute atomic E-state index is 0.0323. The van der Waals surface area contributed by atoms with E-state index in [0.717, 1.165) is 18.2 Å². The van der Waals surface area contributed by atoms with Crippen LogP contribution in [-0.2, 0) is 0 Å². The lowest BCUT2D eigenvalue weighted by atomic mass is 10.0. The number of alkyl halides is 1. The maximum atomic E-state index is 14.4. The first-order valence-corrected chi connectivity index (χ1v) is 9.90. The Bertz CT molecular complexity index is 1100. The molecule has 6 nitrogen and oxygen atoms in total. The maximum absolute atomic E-state index is 14.4. The smallest absolute Gasteiger partial charge is 0.158 e. The van der Waals surface area contributed by atoms with Gasteiger partial charge in [-0.15, -0.1) is 0 Å². The molecule has 1 N–H and O–H groups in total. The number of anilines is 2. The van der Waals surface area contributed by atoms with Crippen molar-refractivity contribution in [3.63, 3.8) is 0 Å². The second-order valence-electron chi connectivity index (χ2n) is 7.79. The number of nitrogens with zero attached hydrogens (tertiary/aromatic N) is 5. The van der Waals surface area contributed by atoms with Gasteiger partial charge in [0, 0.05) is 25.1 Å². The Morgan fingerprint density at radius 1 is 1.07 bits per heavy atom. The van der Waals surface area contributed by atoms with Crippen molar-refractivity contribution in [2.24, 2.45) is 0 Å². The summed E-state index contributed by atoms with van der Waals surface area (Å²) >= 11 is 0. The first kappa shape index (κ1) is 19.0. The zero-order valence-corrected chi connectivity index (χ0v) is 16.0. The van der Waals surface area contributed by atoms with Gasteiger partial charge in [0.25, 0.3) is 0 Å². The normalized spacial score (nSPS) is 24.2. The molecule has 3 atom stereocenters. The van der Waals surface area contributed by atoms with E-state index in [-0.39, 0.29) is 18.5 Å². The molecule has 2 aliphatic heterocycles. The number of aliphatic hydroxyl groups excluding tert-OH is 1. The number of fused-ring (bicyclic) bond motifs is 1. The van der Waals surface area contributed by atoms with Gasteiger partial charge >= 0.3 is 0 Å². The number of halogens is 3. The van der Waals surface area contributed by atoms with Crippen molar-refractivity contribution in [3.05, 3.63) is 53.9 Å². The van der Waals surface area contributed by atoms with Crippen LogP contribution in [0.1, 0.15) is 24.4 Å². The number of benzene rings is 1. The van der Waals surface area contributed by atoms with Crippen LogP contribution in [0.3, 0.4) is 0 Å². The largest absolute Gasteiger partial charge is 0.391 e. The molecule has 0 radical (unpaired) electrons. The molecule has 4 heterocycles. The minimum atomic E-state index is -1.18. The number of β-amino-alcohol motifs (C(OH)–C–C–N with tert-alkyl or cyclic N) is 1. The minimum Gasteiger partial charge on any atom is -0.391 e. The van der Waals surface area contributed by atoms with E-state index in [2.05, 4.69) is 15.0 Å². The molecule has 156 valence electrons. The van der Waals surface area contributed by atoms with Gasteiger partial charge in [-0.25, -0.2) is 28.1 Å². The van der Waals surface area contributed by atoms with E-state index in [9.17, 15) is 18.3 Å². The summed E-state index contributed by atoms with van der Waals surface area (Å²) in [4.78, 5) is 16.9. The summed E-state index contributed by atoms with van der Waals surface area (Å²) in [7, 11) is 0. The van der Waals surface area contributed by atoms with Gasteiger partial charge in [0.1, 0.15) is 35.5 Å². The molecule has 5 rings (SSSR count). The molecule has 0 amide bonds. The van der Waals surface area contributed by atoms with Crippen LogP contribution in [0, 0.1) is 11.6 Å². The predicted molar refractivity (Wildman–Crippen MR) is 106 cm³/mol. The first-order valence-electron chi connectivity index (χ1n) is 9.90. The third-order valence-electron chi connectivity index (χ3n) is 5.77. The summed E-state index contributed by atoms with van der Waals surface area (Å²) < 4.78 is 42.5. The van der Waals surface area contributed by atoms with E-state index in [1.807, 2.05) is 4.90 Å². The van der Waals surface area contributed by atoms with Crippen molar-refractivity contribution in [1.82, 2.24) is 15.0 Å². The Balaban J connectivity index is 1.57. The highest BCUT2D eigenvalue weighted by Crippen LogP contribution is 2.39. The highest BCUT2D eigenvalue weighted by molar-refractivity contribution is 5.87. The number of pyridine rings is 1. The Kier molecular flexibility index (Phi) is 4.69. The molecule has 9 heteroatoms. The average molecular weight is 415 g/mol. The van der Waals surface area contributed by atoms with E-state index in [4.69, 9.17) is 0 Å². The lowest BCUT2D eigenvalue weighted by Gasteiger charge is -2.26. The topological polar surface area (TPSA) is 65.4 Å². The van der Waals surface area contributed by atoms with Gasteiger partial charge in [-0.05, 0) is 36.8 Å². The number of aliphatic hydroxyl groups is 1. The van der Waals surface area contributed by atoms with Crippen molar-refractivity contribution < 1.29 is 18.3 Å². The predicted octanol–water partition coefficient (Wildman–Crippen LogP) is 3.16. The first-order chi connectivity index (χ1) is 14.5. The molecule has 0 bridgehead atoms. The van der Waals surface area contributed by atoms with Crippen LogP contribution in [0.25, 0.3) is 11.0 Å².